The van der Waals surface area contributed by atoms with Gasteiger partial charge in [0.15, 0.2) is 5.78 Å². The number of alkyl halides is 1. The van der Waals surface area contributed by atoms with Crippen LogP contribution in [0.3, 0.4) is 0 Å². The van der Waals surface area contributed by atoms with Gasteiger partial charge in [0, 0.05) is 16.1 Å². The number of carbonyl (C=O) groups is 2. The van der Waals surface area contributed by atoms with Gasteiger partial charge >= 0.3 is 5.97 Å². The second-order valence-electron chi connectivity index (χ2n) is 3.36. The number of benzene rings is 1. The minimum absolute atomic E-state index is 0.0949. The monoisotopic (exact) mass is 360 g/mol. The molecule has 0 heterocycles. The van der Waals surface area contributed by atoms with Gasteiger partial charge < -0.3 is 5.11 Å². The minimum atomic E-state index is -1.05. The van der Waals surface area contributed by atoms with E-state index >= 15 is 0 Å². The lowest BCUT2D eigenvalue weighted by atomic mass is 10.0. The van der Waals surface area contributed by atoms with Crippen LogP contribution in [0.25, 0.3) is 6.08 Å². The van der Waals surface area contributed by atoms with Crippen molar-refractivity contribution in [2.24, 2.45) is 0 Å². The number of carboxylic acids is 1. The Labute approximate surface area is 116 Å². The highest BCUT2D eigenvalue weighted by atomic mass is 79.9. The van der Waals surface area contributed by atoms with Crippen LogP contribution in [0.2, 0.25) is 0 Å². The van der Waals surface area contributed by atoms with E-state index in [0.29, 0.717) is 15.6 Å². The largest absolute Gasteiger partial charge is 0.478 e. The third-order valence-corrected chi connectivity index (χ3v) is 3.14. The molecule has 1 aromatic carbocycles. The number of carboxylic acid groups (broad SMARTS) is 1. The van der Waals surface area contributed by atoms with E-state index in [1.165, 1.54) is 6.08 Å². The summed E-state index contributed by atoms with van der Waals surface area (Å²) in [5, 5.41) is 8.59. The molecular formula is C12H10Br2O3. The molecule has 0 saturated heterocycles. The molecule has 0 bridgehead atoms. The molecule has 0 amide bonds. The summed E-state index contributed by atoms with van der Waals surface area (Å²) in [5.74, 6) is -1.14. The molecule has 0 aliphatic carbocycles. The Bertz CT molecular complexity index is 479. The average Bonchev–Trinajstić information content (AvgIpc) is 2.25. The summed E-state index contributed by atoms with van der Waals surface area (Å²) < 4.78 is 0.654. The third-order valence-electron chi connectivity index (χ3n) is 2.06. The average molecular weight is 362 g/mol. The topological polar surface area (TPSA) is 54.4 Å². The Morgan fingerprint density at radius 2 is 2.06 bits per heavy atom. The molecule has 1 unspecified atom stereocenters. The Balaban J connectivity index is 3.27. The lowest BCUT2D eigenvalue weighted by molar-refractivity contribution is -0.131. The summed E-state index contributed by atoms with van der Waals surface area (Å²) in [6.07, 6.45) is 2.42. The van der Waals surface area contributed by atoms with Crippen LogP contribution in [0.1, 0.15) is 22.8 Å². The Morgan fingerprint density at radius 3 is 2.59 bits per heavy atom. The summed E-state index contributed by atoms with van der Waals surface area (Å²) in [4.78, 5) is 22.1. The molecule has 5 heteroatoms. The quantitative estimate of drug-likeness (QED) is 0.507. The number of hydrogen-bond donors (Lipinski definition) is 1. The molecule has 1 atom stereocenters. The Morgan fingerprint density at radius 1 is 1.41 bits per heavy atom. The fourth-order valence-electron chi connectivity index (χ4n) is 1.30. The molecule has 0 aliphatic rings. The van der Waals surface area contributed by atoms with E-state index in [0.717, 1.165) is 6.08 Å². The van der Waals surface area contributed by atoms with E-state index in [1.54, 1.807) is 25.1 Å². The molecule has 0 saturated carbocycles. The van der Waals surface area contributed by atoms with Crippen LogP contribution in [0.15, 0.2) is 28.7 Å². The highest BCUT2D eigenvalue weighted by Gasteiger charge is 2.17. The first kappa shape index (κ1) is 14.1. The van der Waals surface area contributed by atoms with Crippen LogP contribution in [-0.2, 0) is 4.79 Å². The number of rotatable bonds is 4. The van der Waals surface area contributed by atoms with E-state index in [-0.39, 0.29) is 10.6 Å². The van der Waals surface area contributed by atoms with Crippen molar-refractivity contribution in [1.82, 2.24) is 0 Å². The normalized spacial score (nSPS) is 12.6. The second kappa shape index (κ2) is 6.12. The Hall–Kier alpha value is -0.940. The number of carbonyl (C=O) groups excluding carboxylic acids is 1. The fourth-order valence-corrected chi connectivity index (χ4v) is 2.11. The predicted molar refractivity (Wildman–Crippen MR) is 73.5 cm³/mol. The highest BCUT2D eigenvalue weighted by Crippen LogP contribution is 2.25. The number of ketones is 1. The van der Waals surface area contributed by atoms with Gasteiger partial charge in [-0.2, -0.15) is 0 Å². The fraction of sp³-hybridized carbons (Fsp3) is 0.167. The summed E-state index contributed by atoms with van der Waals surface area (Å²) in [5.41, 5.74) is 1.06. The van der Waals surface area contributed by atoms with Gasteiger partial charge in [-0.3, -0.25) is 4.79 Å². The van der Waals surface area contributed by atoms with E-state index in [4.69, 9.17) is 5.11 Å². The minimum Gasteiger partial charge on any atom is -0.478 e. The molecule has 0 fully saturated rings. The molecule has 1 aromatic rings. The smallest absolute Gasteiger partial charge is 0.328 e. The van der Waals surface area contributed by atoms with Crippen molar-refractivity contribution in [3.05, 3.63) is 39.9 Å². The Kier molecular flexibility index (Phi) is 5.08. The first-order chi connectivity index (χ1) is 7.93. The predicted octanol–water partition coefficient (Wildman–Crippen LogP) is 3.51. The number of hydrogen-bond acceptors (Lipinski definition) is 2. The van der Waals surface area contributed by atoms with E-state index in [2.05, 4.69) is 31.9 Å². The van der Waals surface area contributed by atoms with Crippen molar-refractivity contribution >= 4 is 49.7 Å². The van der Waals surface area contributed by atoms with Gasteiger partial charge in [-0.1, -0.05) is 44.0 Å². The first-order valence-electron chi connectivity index (χ1n) is 4.81. The van der Waals surface area contributed by atoms with Crippen LogP contribution in [-0.4, -0.2) is 21.7 Å². The van der Waals surface area contributed by atoms with Crippen molar-refractivity contribution in [3.8, 4) is 0 Å². The van der Waals surface area contributed by atoms with E-state index < -0.39 is 5.97 Å². The summed E-state index contributed by atoms with van der Waals surface area (Å²) >= 11 is 6.51. The molecular weight excluding hydrogens is 352 g/mol. The maximum absolute atomic E-state index is 12.0. The third kappa shape index (κ3) is 3.78. The second-order valence-corrected chi connectivity index (χ2v) is 5.58. The maximum Gasteiger partial charge on any atom is 0.328 e. The molecule has 17 heavy (non-hydrogen) atoms. The molecule has 90 valence electrons. The van der Waals surface area contributed by atoms with E-state index in [1.807, 2.05) is 0 Å². The lowest BCUT2D eigenvalue weighted by Crippen LogP contribution is -2.12. The summed E-state index contributed by atoms with van der Waals surface area (Å²) in [6, 6.07) is 5.20. The SMILES string of the molecule is CC(Br)C(=O)c1c(Br)cccc1/C=C/C(=O)O. The van der Waals surface area contributed by atoms with Gasteiger partial charge in [0.25, 0.3) is 0 Å². The molecule has 0 radical (unpaired) electrons. The maximum atomic E-state index is 12.0. The zero-order valence-electron chi connectivity index (χ0n) is 8.98. The zero-order valence-corrected chi connectivity index (χ0v) is 12.2. The van der Waals surface area contributed by atoms with Crippen molar-refractivity contribution in [2.45, 2.75) is 11.8 Å². The molecule has 0 aromatic heterocycles. The number of Topliss-reactive ketones (excluding diaryl/α,β-unsaturated/α-hetero) is 1. The van der Waals surface area contributed by atoms with Gasteiger partial charge in [-0.15, -0.1) is 0 Å². The van der Waals surface area contributed by atoms with Crippen LogP contribution >= 0.6 is 31.9 Å². The van der Waals surface area contributed by atoms with Crippen molar-refractivity contribution in [3.63, 3.8) is 0 Å². The van der Waals surface area contributed by atoms with Crippen molar-refractivity contribution in [1.29, 1.82) is 0 Å². The van der Waals surface area contributed by atoms with Gasteiger partial charge in [-0.25, -0.2) is 4.79 Å². The zero-order chi connectivity index (χ0) is 13.0. The lowest BCUT2D eigenvalue weighted by Gasteiger charge is -2.09. The van der Waals surface area contributed by atoms with Gasteiger partial charge in [0.2, 0.25) is 0 Å². The molecule has 3 nitrogen and oxygen atoms in total. The summed E-state index contributed by atoms with van der Waals surface area (Å²) in [7, 11) is 0. The highest BCUT2D eigenvalue weighted by molar-refractivity contribution is 9.10. The number of aliphatic carboxylic acids is 1. The molecule has 1 N–H and O–H groups in total. The molecule has 1 rings (SSSR count). The number of halogens is 2. The van der Waals surface area contributed by atoms with Crippen LogP contribution in [0.5, 0.6) is 0 Å². The molecule has 0 aliphatic heterocycles. The van der Waals surface area contributed by atoms with Gasteiger partial charge in [0.05, 0.1) is 4.83 Å². The first-order valence-corrected chi connectivity index (χ1v) is 6.52. The molecule has 0 spiro atoms. The van der Waals surface area contributed by atoms with E-state index in [9.17, 15) is 9.59 Å². The van der Waals surface area contributed by atoms with Crippen LogP contribution in [0, 0.1) is 0 Å². The summed E-state index contributed by atoms with van der Waals surface area (Å²) in [6.45, 7) is 1.73. The van der Waals surface area contributed by atoms with Crippen LogP contribution < -0.4 is 0 Å². The standard InChI is InChI=1S/C12H10Br2O3/c1-7(13)12(17)11-8(5-6-10(15)16)3-2-4-9(11)14/h2-7H,1H3,(H,15,16)/b6-5+. The van der Waals surface area contributed by atoms with Crippen LogP contribution in [0.4, 0.5) is 0 Å². The van der Waals surface area contributed by atoms with Crippen molar-refractivity contribution < 1.29 is 14.7 Å². The van der Waals surface area contributed by atoms with Gasteiger partial charge in [0.1, 0.15) is 0 Å². The van der Waals surface area contributed by atoms with Gasteiger partial charge in [-0.05, 0) is 24.6 Å². The van der Waals surface area contributed by atoms with Crippen molar-refractivity contribution in [2.75, 3.05) is 0 Å².